The Balaban J connectivity index is 1.92. The SMILES string of the molecule is CC(C)C1(C)CC2CCC23CC13. The van der Waals surface area contributed by atoms with Crippen LogP contribution in [0.3, 0.4) is 0 Å². The molecule has 0 nitrogen and oxygen atoms in total. The van der Waals surface area contributed by atoms with E-state index in [9.17, 15) is 0 Å². The van der Waals surface area contributed by atoms with Crippen molar-refractivity contribution in [1.29, 1.82) is 0 Å². The van der Waals surface area contributed by atoms with Crippen molar-refractivity contribution in [2.45, 2.75) is 46.5 Å². The molecule has 4 unspecified atom stereocenters. The predicted octanol–water partition coefficient (Wildman–Crippen LogP) is 3.47. The van der Waals surface area contributed by atoms with Crippen molar-refractivity contribution in [3.8, 4) is 0 Å². The molecule has 0 amide bonds. The Labute approximate surface area is 75.7 Å². The molecule has 0 bridgehead atoms. The average molecular weight is 164 g/mol. The average Bonchev–Trinajstić information content (AvgIpc) is 2.70. The first kappa shape index (κ1) is 7.41. The third kappa shape index (κ3) is 0.561. The van der Waals surface area contributed by atoms with Crippen molar-refractivity contribution < 1.29 is 0 Å². The van der Waals surface area contributed by atoms with E-state index in [1.165, 1.54) is 0 Å². The number of hydrogen-bond acceptors (Lipinski definition) is 0. The molecule has 0 N–H and O–H groups in total. The highest BCUT2D eigenvalue weighted by Crippen LogP contribution is 2.82. The van der Waals surface area contributed by atoms with Gasteiger partial charge in [0.15, 0.2) is 0 Å². The molecular weight excluding hydrogens is 144 g/mol. The summed E-state index contributed by atoms with van der Waals surface area (Å²) in [7, 11) is 0. The van der Waals surface area contributed by atoms with Crippen molar-refractivity contribution in [3.05, 3.63) is 0 Å². The minimum atomic E-state index is 0.723. The maximum Gasteiger partial charge on any atom is -0.0232 e. The Kier molecular flexibility index (Phi) is 1.09. The van der Waals surface area contributed by atoms with Gasteiger partial charge in [-0.05, 0) is 54.3 Å². The lowest BCUT2D eigenvalue weighted by Crippen LogP contribution is -2.26. The van der Waals surface area contributed by atoms with Gasteiger partial charge in [-0.3, -0.25) is 0 Å². The summed E-state index contributed by atoms with van der Waals surface area (Å²) in [4.78, 5) is 0. The molecular formula is C12H20. The first-order valence-corrected chi connectivity index (χ1v) is 5.59. The first-order chi connectivity index (χ1) is 5.59. The zero-order valence-electron chi connectivity index (χ0n) is 8.56. The van der Waals surface area contributed by atoms with Crippen molar-refractivity contribution in [1.82, 2.24) is 0 Å². The molecule has 68 valence electrons. The van der Waals surface area contributed by atoms with Crippen LogP contribution >= 0.6 is 0 Å². The fourth-order valence-corrected chi connectivity index (χ4v) is 4.27. The topological polar surface area (TPSA) is 0 Å². The van der Waals surface area contributed by atoms with E-state index in [1.807, 2.05) is 0 Å². The Bertz CT molecular complexity index is 230. The highest BCUT2D eigenvalue weighted by molar-refractivity contribution is 5.23. The first-order valence-electron chi connectivity index (χ1n) is 5.59. The molecule has 0 heteroatoms. The van der Waals surface area contributed by atoms with Crippen LogP contribution in [-0.2, 0) is 0 Å². The van der Waals surface area contributed by atoms with Crippen LogP contribution in [0.25, 0.3) is 0 Å². The maximum atomic E-state index is 2.55. The zero-order chi connectivity index (χ0) is 8.56. The molecule has 0 aromatic heterocycles. The summed E-state index contributed by atoms with van der Waals surface area (Å²) in [5.74, 6) is 3.19. The summed E-state index contributed by atoms with van der Waals surface area (Å²) >= 11 is 0. The predicted molar refractivity (Wildman–Crippen MR) is 50.8 cm³/mol. The second-order valence-electron chi connectivity index (χ2n) is 6.09. The lowest BCUT2D eigenvalue weighted by atomic mass is 9.69. The van der Waals surface area contributed by atoms with Crippen molar-refractivity contribution >= 4 is 0 Å². The second kappa shape index (κ2) is 1.76. The van der Waals surface area contributed by atoms with E-state index >= 15 is 0 Å². The molecule has 0 aromatic rings. The van der Waals surface area contributed by atoms with Gasteiger partial charge < -0.3 is 0 Å². The van der Waals surface area contributed by atoms with E-state index in [1.54, 1.807) is 25.7 Å². The van der Waals surface area contributed by atoms with Gasteiger partial charge in [-0.2, -0.15) is 0 Å². The normalized spacial score (nSPS) is 61.0. The van der Waals surface area contributed by atoms with E-state index in [4.69, 9.17) is 0 Å². The van der Waals surface area contributed by atoms with Crippen LogP contribution in [0.5, 0.6) is 0 Å². The van der Waals surface area contributed by atoms with Crippen LogP contribution in [0.1, 0.15) is 46.5 Å². The molecule has 3 rings (SSSR count). The van der Waals surface area contributed by atoms with Crippen LogP contribution < -0.4 is 0 Å². The van der Waals surface area contributed by atoms with E-state index in [2.05, 4.69) is 20.8 Å². The molecule has 4 atom stereocenters. The van der Waals surface area contributed by atoms with E-state index in [-0.39, 0.29) is 0 Å². The van der Waals surface area contributed by atoms with Gasteiger partial charge in [0.25, 0.3) is 0 Å². The summed E-state index contributed by atoms with van der Waals surface area (Å²) < 4.78 is 0. The van der Waals surface area contributed by atoms with Gasteiger partial charge in [0.05, 0.1) is 0 Å². The summed E-state index contributed by atoms with van der Waals surface area (Å²) in [5.41, 5.74) is 1.64. The lowest BCUT2D eigenvalue weighted by Gasteiger charge is -2.36. The van der Waals surface area contributed by atoms with Crippen LogP contribution in [0.4, 0.5) is 0 Å². The summed E-state index contributed by atoms with van der Waals surface area (Å²) in [6.07, 6.45) is 6.27. The monoisotopic (exact) mass is 164 g/mol. The van der Waals surface area contributed by atoms with Gasteiger partial charge >= 0.3 is 0 Å². The molecule has 0 radical (unpaired) electrons. The van der Waals surface area contributed by atoms with Crippen LogP contribution in [0, 0.1) is 28.6 Å². The summed E-state index contributed by atoms with van der Waals surface area (Å²) in [6.45, 7) is 7.41. The number of rotatable bonds is 1. The third-order valence-electron chi connectivity index (χ3n) is 5.69. The summed E-state index contributed by atoms with van der Waals surface area (Å²) in [6, 6.07) is 0. The van der Waals surface area contributed by atoms with Gasteiger partial charge in [-0.25, -0.2) is 0 Å². The number of hydrogen-bond donors (Lipinski definition) is 0. The molecule has 3 fully saturated rings. The molecule has 12 heavy (non-hydrogen) atoms. The summed E-state index contributed by atoms with van der Waals surface area (Å²) in [5, 5.41) is 0. The van der Waals surface area contributed by atoms with Gasteiger partial charge in [-0.15, -0.1) is 0 Å². The molecule has 0 saturated heterocycles. The molecule has 3 aliphatic carbocycles. The van der Waals surface area contributed by atoms with Crippen molar-refractivity contribution in [3.63, 3.8) is 0 Å². The quantitative estimate of drug-likeness (QED) is 0.556. The lowest BCUT2D eigenvalue weighted by molar-refractivity contribution is 0.145. The Morgan fingerprint density at radius 2 is 2.00 bits per heavy atom. The van der Waals surface area contributed by atoms with Crippen LogP contribution in [-0.4, -0.2) is 0 Å². The fourth-order valence-electron chi connectivity index (χ4n) is 4.27. The largest absolute Gasteiger partial charge is 0.0622 e. The molecule has 3 aliphatic rings. The van der Waals surface area contributed by atoms with Gasteiger partial charge in [0.1, 0.15) is 0 Å². The van der Waals surface area contributed by atoms with Crippen molar-refractivity contribution in [2.24, 2.45) is 28.6 Å². The molecule has 0 aromatic carbocycles. The maximum absolute atomic E-state index is 2.55. The highest BCUT2D eigenvalue weighted by Gasteiger charge is 2.74. The molecule has 0 aliphatic heterocycles. The smallest absolute Gasteiger partial charge is 0.0232 e. The van der Waals surface area contributed by atoms with Gasteiger partial charge in [0.2, 0.25) is 0 Å². The Morgan fingerprint density at radius 3 is 2.25 bits per heavy atom. The minimum absolute atomic E-state index is 0.723. The van der Waals surface area contributed by atoms with E-state index in [0.29, 0.717) is 0 Å². The second-order valence-corrected chi connectivity index (χ2v) is 6.09. The zero-order valence-corrected chi connectivity index (χ0v) is 8.56. The molecule has 0 heterocycles. The van der Waals surface area contributed by atoms with Crippen molar-refractivity contribution in [2.75, 3.05) is 0 Å². The van der Waals surface area contributed by atoms with E-state index < -0.39 is 0 Å². The third-order valence-corrected chi connectivity index (χ3v) is 5.69. The van der Waals surface area contributed by atoms with Crippen LogP contribution in [0.2, 0.25) is 0 Å². The molecule has 1 spiro atoms. The van der Waals surface area contributed by atoms with Gasteiger partial charge in [-0.1, -0.05) is 20.8 Å². The van der Waals surface area contributed by atoms with E-state index in [0.717, 1.165) is 28.6 Å². The highest BCUT2D eigenvalue weighted by atomic mass is 14.8. The Hall–Kier alpha value is 0. The standard InChI is InChI=1S/C12H20/c1-8(2)11(3)6-9-4-5-12(9)7-10(11)12/h8-10H,4-7H2,1-3H3. The van der Waals surface area contributed by atoms with Crippen LogP contribution in [0.15, 0.2) is 0 Å². The Morgan fingerprint density at radius 1 is 1.25 bits per heavy atom. The molecule has 3 saturated carbocycles. The minimum Gasteiger partial charge on any atom is -0.0622 e. The van der Waals surface area contributed by atoms with Gasteiger partial charge in [0, 0.05) is 0 Å². The fraction of sp³-hybridized carbons (Fsp3) is 1.00.